The van der Waals surface area contributed by atoms with Crippen LogP contribution in [0.2, 0.25) is 0 Å². The van der Waals surface area contributed by atoms with Crippen LogP contribution in [-0.2, 0) is 13.4 Å². The highest BCUT2D eigenvalue weighted by molar-refractivity contribution is 6.09. The second kappa shape index (κ2) is 8.34. The van der Waals surface area contributed by atoms with Crippen molar-refractivity contribution < 1.29 is 25.7 Å². The topological polar surface area (TPSA) is 17.0 Å². The van der Waals surface area contributed by atoms with Crippen molar-refractivity contribution in [2.24, 2.45) is 12.5 Å². The van der Waals surface area contributed by atoms with Gasteiger partial charge in [-0.05, 0) is 72.4 Å². The van der Waals surface area contributed by atoms with E-state index in [0.717, 1.165) is 10.9 Å². The summed E-state index contributed by atoms with van der Waals surface area (Å²) in [4.78, 5) is 0. The maximum atomic E-state index is 14.1. The van der Waals surface area contributed by atoms with E-state index in [4.69, 9.17) is 16.8 Å². The number of pyridine rings is 1. The first kappa shape index (κ1) is 14.8. The van der Waals surface area contributed by atoms with Crippen molar-refractivity contribution in [3.8, 4) is 22.4 Å². The fraction of sp³-hybridized carbons (Fsp3) is 0.281. The van der Waals surface area contributed by atoms with Crippen molar-refractivity contribution in [2.45, 2.75) is 47.8 Å². The number of aryl methyl sites for hydroxylation is 4. The third-order valence-electron chi connectivity index (χ3n) is 6.07. The number of rotatable bonds is 3. The van der Waals surface area contributed by atoms with Crippen molar-refractivity contribution in [3.63, 3.8) is 0 Å². The summed E-state index contributed by atoms with van der Waals surface area (Å²) in [6.45, 7) is 1.44. The number of fused-ring (bicyclic) bond motifs is 3. The van der Waals surface area contributed by atoms with Crippen LogP contribution in [0.1, 0.15) is 55.4 Å². The average Bonchev–Trinajstić information content (AvgIpc) is 3.24. The zero-order chi connectivity index (χ0) is 32.7. The zero-order valence-electron chi connectivity index (χ0n) is 29.4. The SMILES string of the molecule is [2H]c1cc(C([2H])([2H])C(C)(C)C)cc(C([2H])([2H])[2H])c1-c1cc(-c2c(C)ccc3c2oc2cc(F)ccc23)[n+](C)cc1C([2H])([2H])[2H]. The molecule has 0 spiro atoms. The first-order valence-corrected chi connectivity index (χ1v) is 11.4. The summed E-state index contributed by atoms with van der Waals surface area (Å²) in [5, 5.41) is 1.42. The predicted molar refractivity (Wildman–Crippen MR) is 143 cm³/mol. The second-order valence-electron chi connectivity index (χ2n) is 10.0. The average molecular weight is 476 g/mol. The van der Waals surface area contributed by atoms with Crippen LogP contribution < -0.4 is 4.57 Å². The van der Waals surface area contributed by atoms with E-state index in [-0.39, 0.29) is 33.9 Å². The van der Waals surface area contributed by atoms with Crippen LogP contribution in [0, 0.1) is 31.9 Å². The summed E-state index contributed by atoms with van der Waals surface area (Å²) in [5.74, 6) is -0.454. The molecule has 0 saturated heterocycles. The van der Waals surface area contributed by atoms with Crippen LogP contribution in [0.4, 0.5) is 4.39 Å². The Hall–Kier alpha value is -3.46. The zero-order valence-corrected chi connectivity index (χ0v) is 20.4. The van der Waals surface area contributed by atoms with Crippen molar-refractivity contribution in [1.29, 1.82) is 0 Å². The Labute approximate surface area is 219 Å². The first-order chi connectivity index (χ1) is 20.1. The Morgan fingerprint density at radius 2 is 1.74 bits per heavy atom. The highest BCUT2D eigenvalue weighted by Gasteiger charge is 2.23. The van der Waals surface area contributed by atoms with Crippen molar-refractivity contribution in [1.82, 2.24) is 0 Å². The van der Waals surface area contributed by atoms with Gasteiger partial charge in [0.2, 0.25) is 5.69 Å². The van der Waals surface area contributed by atoms with Gasteiger partial charge in [-0.25, -0.2) is 8.96 Å². The van der Waals surface area contributed by atoms with Gasteiger partial charge < -0.3 is 4.42 Å². The molecule has 178 valence electrons. The van der Waals surface area contributed by atoms with E-state index >= 15 is 0 Å². The lowest BCUT2D eigenvalue weighted by Crippen LogP contribution is -2.31. The van der Waals surface area contributed by atoms with Crippen LogP contribution in [0.5, 0.6) is 0 Å². The van der Waals surface area contributed by atoms with E-state index in [1.165, 1.54) is 30.5 Å². The Morgan fingerprint density at radius 3 is 2.49 bits per heavy atom. The number of halogens is 1. The van der Waals surface area contributed by atoms with E-state index in [0.29, 0.717) is 27.8 Å². The Kier molecular flexibility index (Phi) is 3.53. The smallest absolute Gasteiger partial charge is 0.216 e. The van der Waals surface area contributed by atoms with Gasteiger partial charge in [-0.15, -0.1) is 0 Å². The summed E-state index contributed by atoms with van der Waals surface area (Å²) in [7, 11) is 1.67. The Balaban J connectivity index is 1.90. The highest BCUT2D eigenvalue weighted by Crippen LogP contribution is 2.39. The van der Waals surface area contributed by atoms with Crippen molar-refractivity contribution >= 4 is 21.9 Å². The van der Waals surface area contributed by atoms with E-state index in [2.05, 4.69) is 0 Å². The molecule has 2 aromatic heterocycles. The van der Waals surface area contributed by atoms with Gasteiger partial charge in [0.1, 0.15) is 24.0 Å². The molecule has 0 unspecified atom stereocenters. The molecule has 0 aliphatic heterocycles. The number of nitrogens with zero attached hydrogens (tertiary/aromatic N) is 1. The molecule has 5 rings (SSSR count). The van der Waals surface area contributed by atoms with Crippen LogP contribution in [0.25, 0.3) is 44.3 Å². The molecule has 0 aliphatic carbocycles. The minimum atomic E-state index is -2.79. The molecule has 0 aliphatic rings. The number of hydrogen-bond acceptors (Lipinski definition) is 1. The van der Waals surface area contributed by atoms with Crippen LogP contribution in [0.15, 0.2) is 65.2 Å². The molecule has 0 saturated carbocycles. The molecular formula is C32H33FNO+. The number of furan rings is 1. The summed E-state index contributed by atoms with van der Waals surface area (Å²) in [6.07, 6.45) is -0.584. The summed E-state index contributed by atoms with van der Waals surface area (Å²) in [6, 6.07) is 11.8. The largest absolute Gasteiger partial charge is 0.455 e. The van der Waals surface area contributed by atoms with Crippen molar-refractivity contribution in [2.75, 3.05) is 0 Å². The van der Waals surface area contributed by atoms with Gasteiger partial charge >= 0.3 is 0 Å². The van der Waals surface area contributed by atoms with Crippen LogP contribution >= 0.6 is 0 Å². The number of benzene rings is 3. The summed E-state index contributed by atoms with van der Waals surface area (Å²) in [5.41, 5.74) is 1.20. The van der Waals surface area contributed by atoms with Gasteiger partial charge in [-0.3, -0.25) is 0 Å². The quantitative estimate of drug-likeness (QED) is 0.239. The minimum Gasteiger partial charge on any atom is -0.455 e. The van der Waals surface area contributed by atoms with E-state index in [9.17, 15) is 4.39 Å². The summed E-state index contributed by atoms with van der Waals surface area (Å²) >= 11 is 0. The Bertz CT molecular complexity index is 1950. The number of hydrogen-bond donors (Lipinski definition) is 0. The molecule has 5 aromatic rings. The number of aromatic nitrogens is 1. The molecule has 0 fully saturated rings. The molecule has 0 atom stereocenters. The monoisotopic (exact) mass is 475 g/mol. The normalized spacial score (nSPS) is 17.0. The third-order valence-corrected chi connectivity index (χ3v) is 6.07. The van der Waals surface area contributed by atoms with Crippen LogP contribution in [-0.4, -0.2) is 0 Å². The van der Waals surface area contributed by atoms with E-state index < -0.39 is 31.3 Å². The third kappa shape index (κ3) is 4.25. The predicted octanol–water partition coefficient (Wildman–Crippen LogP) is 8.40. The highest BCUT2D eigenvalue weighted by atomic mass is 19.1. The van der Waals surface area contributed by atoms with Gasteiger partial charge in [0.25, 0.3) is 0 Å². The molecule has 2 nitrogen and oxygen atoms in total. The minimum absolute atomic E-state index is 0.0238. The molecule has 0 radical (unpaired) electrons. The second-order valence-corrected chi connectivity index (χ2v) is 10.0. The van der Waals surface area contributed by atoms with Crippen molar-refractivity contribution in [3.05, 3.63) is 88.8 Å². The molecule has 0 amide bonds. The fourth-order valence-electron chi connectivity index (χ4n) is 4.56. The molecule has 0 bridgehead atoms. The van der Waals surface area contributed by atoms with Gasteiger partial charge in [0.05, 0.1) is 6.93 Å². The molecule has 3 aromatic carbocycles. The van der Waals surface area contributed by atoms with Gasteiger partial charge in [-0.2, -0.15) is 0 Å². The standard InChI is InChI=1S/C32H33FNO/c1-19-8-11-26-25-13-10-23(33)15-29(25)35-31(26)30(19)28-16-27(21(3)18-34(28)7)24-12-9-22(14-20(24)2)17-32(4,5)6/h8-16,18H,17H2,1-7H3/q+1/i2D3,3D3,12D,17D2. The summed E-state index contributed by atoms with van der Waals surface area (Å²) < 4.78 is 98.4. The van der Waals surface area contributed by atoms with Gasteiger partial charge in [-0.1, -0.05) is 51.1 Å². The lowest BCUT2D eigenvalue weighted by molar-refractivity contribution is -0.660. The molecule has 0 N–H and O–H groups in total. The van der Waals surface area contributed by atoms with E-state index in [1.807, 2.05) is 19.1 Å². The van der Waals surface area contributed by atoms with Crippen LogP contribution in [0.3, 0.4) is 0 Å². The van der Waals surface area contributed by atoms with Gasteiger partial charge in [0.15, 0.2) is 6.20 Å². The first-order valence-electron chi connectivity index (χ1n) is 15.9. The lowest BCUT2D eigenvalue weighted by atomic mass is 9.86. The maximum Gasteiger partial charge on any atom is 0.216 e. The molecule has 3 heteroatoms. The lowest BCUT2D eigenvalue weighted by Gasteiger charge is -2.19. The molecular weight excluding hydrogens is 433 g/mol. The fourth-order valence-corrected chi connectivity index (χ4v) is 4.56. The molecule has 2 heterocycles. The van der Waals surface area contributed by atoms with E-state index in [1.54, 1.807) is 44.5 Å². The van der Waals surface area contributed by atoms with Gasteiger partial charge in [0, 0.05) is 39.4 Å². The Morgan fingerprint density at radius 1 is 0.971 bits per heavy atom. The maximum absolute atomic E-state index is 14.1. The molecule has 35 heavy (non-hydrogen) atoms.